The maximum absolute atomic E-state index is 10.0. The molecule has 4 heteroatoms. The number of carbonyl (C=O) groups excluding carboxylic acids is 1. The van der Waals surface area contributed by atoms with E-state index in [1.807, 2.05) is 6.20 Å². The maximum Gasteiger partial charge on any atom is 0.155 e. The molecule has 0 atom stereocenters. The Hall–Kier alpha value is -3.07. The van der Waals surface area contributed by atoms with Gasteiger partial charge in [-0.05, 0) is 73.2 Å². The standard InChI is InChI=1S/C25H18N.C5H8O2.Ir/c1-2-7-22-16(4-1)12-13-26-25(22)21-14-19-10-8-17-5-3-6-18-9-11-20(15-21)24(19)23(17)18;1-4(6)3-5(2)7;/h1-7,12-14H,8-11H2;3,6H,1-2H3;/q-1;;/b;4-3-;. The minimum absolute atomic E-state index is 0. The van der Waals surface area contributed by atoms with Crippen LogP contribution < -0.4 is 0 Å². The topological polar surface area (TPSA) is 50.2 Å². The Labute approximate surface area is 213 Å². The van der Waals surface area contributed by atoms with Crippen LogP contribution in [0.3, 0.4) is 0 Å². The summed E-state index contributed by atoms with van der Waals surface area (Å²) in [6, 6.07) is 23.5. The summed E-state index contributed by atoms with van der Waals surface area (Å²) < 4.78 is 0. The fourth-order valence-electron chi connectivity index (χ4n) is 5.07. The number of aliphatic hydroxyl groups is 1. The average molecular weight is 625 g/mol. The minimum atomic E-state index is -0.125. The molecule has 0 saturated heterocycles. The van der Waals surface area contributed by atoms with Gasteiger partial charge in [-0.25, -0.2) is 0 Å². The van der Waals surface area contributed by atoms with E-state index in [0.717, 1.165) is 36.9 Å². The van der Waals surface area contributed by atoms with Crippen molar-refractivity contribution < 1.29 is 30.0 Å². The van der Waals surface area contributed by atoms with E-state index in [-0.39, 0.29) is 31.6 Å². The fourth-order valence-corrected chi connectivity index (χ4v) is 5.07. The molecule has 0 bridgehead atoms. The van der Waals surface area contributed by atoms with Crippen LogP contribution in [0, 0.1) is 6.07 Å². The number of aryl methyl sites for hydroxylation is 4. The van der Waals surface area contributed by atoms with E-state index in [1.165, 1.54) is 64.1 Å². The van der Waals surface area contributed by atoms with Gasteiger partial charge in [0.2, 0.25) is 0 Å². The van der Waals surface area contributed by atoms with Crippen LogP contribution in [0.15, 0.2) is 72.6 Å². The SMILES string of the molecule is CC(=O)/C=C(/C)O.[Ir].[c-]1c(-c2nccc3ccccc23)cc2c3c1CCc1cccc(c1-3)CC2. The van der Waals surface area contributed by atoms with Crippen molar-refractivity contribution in [2.75, 3.05) is 0 Å². The Kier molecular flexibility index (Phi) is 7.11. The van der Waals surface area contributed by atoms with Crippen LogP contribution in [0.25, 0.3) is 33.2 Å². The quantitative estimate of drug-likeness (QED) is 0.155. The molecule has 1 aromatic heterocycles. The summed E-state index contributed by atoms with van der Waals surface area (Å²) in [5.74, 6) is -0.0625. The Morgan fingerprint density at radius 3 is 2.32 bits per heavy atom. The number of ketones is 1. The van der Waals surface area contributed by atoms with E-state index in [0.29, 0.717) is 0 Å². The molecule has 4 aromatic rings. The number of allylic oxidation sites excluding steroid dienone is 2. The van der Waals surface area contributed by atoms with E-state index >= 15 is 0 Å². The molecule has 3 aromatic carbocycles. The van der Waals surface area contributed by atoms with E-state index < -0.39 is 0 Å². The molecule has 0 amide bonds. The van der Waals surface area contributed by atoms with Crippen molar-refractivity contribution in [2.45, 2.75) is 39.5 Å². The Bertz CT molecular complexity index is 1360. The van der Waals surface area contributed by atoms with Gasteiger partial charge < -0.3 is 10.1 Å². The van der Waals surface area contributed by atoms with E-state index in [1.54, 1.807) is 0 Å². The molecule has 0 saturated carbocycles. The van der Waals surface area contributed by atoms with Gasteiger partial charge in [0.05, 0.1) is 5.76 Å². The number of aromatic nitrogens is 1. The molecule has 0 fully saturated rings. The van der Waals surface area contributed by atoms with E-state index in [9.17, 15) is 4.79 Å². The molecular formula is C30H26IrNO2-. The summed E-state index contributed by atoms with van der Waals surface area (Å²) in [5, 5.41) is 10.8. The van der Waals surface area contributed by atoms with Gasteiger partial charge in [-0.3, -0.25) is 4.79 Å². The number of hydrogen-bond acceptors (Lipinski definition) is 3. The number of carbonyl (C=O) groups is 1. The monoisotopic (exact) mass is 625 g/mol. The normalized spacial score (nSPS) is 13.3. The third-order valence-corrected chi connectivity index (χ3v) is 6.36. The molecule has 0 spiro atoms. The average Bonchev–Trinajstić information content (AvgIpc) is 2.81. The summed E-state index contributed by atoms with van der Waals surface area (Å²) in [5.41, 5.74) is 11.1. The summed E-state index contributed by atoms with van der Waals surface area (Å²) in [6.07, 6.45) is 7.55. The predicted octanol–water partition coefficient (Wildman–Crippen LogP) is 6.60. The van der Waals surface area contributed by atoms with Gasteiger partial charge in [-0.15, -0.1) is 28.8 Å². The first kappa shape index (κ1) is 24.1. The second-order valence-electron chi connectivity index (χ2n) is 8.79. The third kappa shape index (κ3) is 4.61. The van der Waals surface area contributed by atoms with Gasteiger partial charge in [-0.1, -0.05) is 53.6 Å². The number of fused-ring (bicyclic) bond motifs is 1. The summed E-state index contributed by atoms with van der Waals surface area (Å²) in [6.45, 7) is 2.85. The van der Waals surface area contributed by atoms with Gasteiger partial charge in [0.1, 0.15) is 0 Å². The van der Waals surface area contributed by atoms with Crippen molar-refractivity contribution in [2.24, 2.45) is 0 Å². The first-order valence-electron chi connectivity index (χ1n) is 11.4. The van der Waals surface area contributed by atoms with Crippen LogP contribution in [-0.2, 0) is 50.6 Å². The van der Waals surface area contributed by atoms with Gasteiger partial charge in [0.25, 0.3) is 0 Å². The van der Waals surface area contributed by atoms with E-state index in [4.69, 9.17) is 10.1 Å². The number of nitrogens with zero attached hydrogens (tertiary/aromatic N) is 1. The number of hydrogen-bond donors (Lipinski definition) is 1. The van der Waals surface area contributed by atoms with Gasteiger partial charge >= 0.3 is 0 Å². The zero-order valence-electron chi connectivity index (χ0n) is 19.3. The summed E-state index contributed by atoms with van der Waals surface area (Å²) in [7, 11) is 0. The zero-order chi connectivity index (χ0) is 22.9. The van der Waals surface area contributed by atoms with Crippen molar-refractivity contribution >= 4 is 16.6 Å². The van der Waals surface area contributed by atoms with Crippen LogP contribution in [0.4, 0.5) is 0 Å². The predicted molar refractivity (Wildman–Crippen MR) is 133 cm³/mol. The summed E-state index contributed by atoms with van der Waals surface area (Å²) >= 11 is 0. The van der Waals surface area contributed by atoms with Crippen LogP contribution in [0.5, 0.6) is 0 Å². The molecule has 6 rings (SSSR count). The molecule has 3 nitrogen and oxygen atoms in total. The van der Waals surface area contributed by atoms with Crippen molar-refractivity contribution in [3.8, 4) is 22.4 Å². The molecule has 34 heavy (non-hydrogen) atoms. The van der Waals surface area contributed by atoms with Crippen LogP contribution in [-0.4, -0.2) is 15.9 Å². The molecule has 2 aliphatic rings. The minimum Gasteiger partial charge on any atom is -0.512 e. The number of rotatable bonds is 2. The van der Waals surface area contributed by atoms with Crippen molar-refractivity contribution in [3.05, 3.63) is 101 Å². The summed E-state index contributed by atoms with van der Waals surface area (Å²) in [4.78, 5) is 14.7. The number of benzene rings is 3. The van der Waals surface area contributed by atoms with Crippen molar-refractivity contribution in [1.82, 2.24) is 4.98 Å². The van der Waals surface area contributed by atoms with Crippen LogP contribution >= 0.6 is 0 Å². The smallest absolute Gasteiger partial charge is 0.155 e. The Morgan fingerprint density at radius 1 is 0.912 bits per heavy atom. The second-order valence-corrected chi connectivity index (χ2v) is 8.79. The molecule has 1 N–H and O–H groups in total. The van der Waals surface area contributed by atoms with Crippen molar-refractivity contribution in [1.29, 1.82) is 0 Å². The largest absolute Gasteiger partial charge is 0.512 e. The van der Waals surface area contributed by atoms with Crippen LogP contribution in [0.1, 0.15) is 36.1 Å². The molecule has 1 radical (unpaired) electrons. The van der Waals surface area contributed by atoms with E-state index in [2.05, 4.69) is 60.7 Å². The molecule has 2 aliphatic carbocycles. The zero-order valence-corrected chi connectivity index (χ0v) is 21.7. The van der Waals surface area contributed by atoms with Gasteiger partial charge in [0.15, 0.2) is 5.78 Å². The van der Waals surface area contributed by atoms with Gasteiger partial charge in [-0.2, -0.15) is 0 Å². The first-order valence-corrected chi connectivity index (χ1v) is 11.4. The molecule has 173 valence electrons. The number of aliphatic hydroxyl groups excluding tert-OH is 1. The van der Waals surface area contributed by atoms with Gasteiger partial charge in [0, 0.05) is 32.4 Å². The second kappa shape index (κ2) is 10.0. The first-order chi connectivity index (χ1) is 16.0. The number of pyridine rings is 1. The molecular weight excluding hydrogens is 599 g/mol. The fraction of sp³-hybridized carbons (Fsp3) is 0.200. The maximum atomic E-state index is 10.0. The molecule has 0 unspecified atom stereocenters. The molecule has 1 heterocycles. The third-order valence-electron chi connectivity index (χ3n) is 6.36. The van der Waals surface area contributed by atoms with Crippen LogP contribution in [0.2, 0.25) is 0 Å². The Balaban J connectivity index is 0.000000303. The molecule has 0 aliphatic heterocycles. The van der Waals surface area contributed by atoms with Crippen molar-refractivity contribution in [3.63, 3.8) is 0 Å². The Morgan fingerprint density at radius 2 is 1.62 bits per heavy atom.